The van der Waals surface area contributed by atoms with Crippen molar-refractivity contribution in [3.63, 3.8) is 0 Å². The fraction of sp³-hybridized carbons (Fsp3) is 0.489. The van der Waals surface area contributed by atoms with Crippen molar-refractivity contribution in [2.45, 2.75) is 108 Å². The number of amides is 4. The molecule has 4 heterocycles. The first-order chi connectivity index (χ1) is 30.0. The van der Waals surface area contributed by atoms with E-state index in [1.165, 1.54) is 14.2 Å². The van der Waals surface area contributed by atoms with Gasteiger partial charge in [0.25, 0.3) is 0 Å². The lowest BCUT2D eigenvalue weighted by Crippen LogP contribution is -2.52. The van der Waals surface area contributed by atoms with Crippen molar-refractivity contribution < 1.29 is 28.7 Å². The van der Waals surface area contributed by atoms with E-state index in [1.54, 1.807) is 0 Å². The van der Waals surface area contributed by atoms with E-state index in [2.05, 4.69) is 82.2 Å². The van der Waals surface area contributed by atoms with Gasteiger partial charge in [0.15, 0.2) is 0 Å². The summed E-state index contributed by atoms with van der Waals surface area (Å²) in [5.74, 6) is 1.65. The Morgan fingerprint density at radius 2 is 1.32 bits per heavy atom. The molecule has 4 fully saturated rings. The topological polar surface area (TPSA) is 175 Å². The molecular weight excluding hydrogens is 801 g/mol. The number of hydrogen-bond donors (Lipinski definition) is 4. The SMILES string of the molecule is COC(=O)N[C@H](C(=O)N1C[Si](C)(C)C[C@H]1c1ncc(-c2ccc(-c3ccc4c(ccc5nc([C@@H]6CCCN6C(=O)[C@@H](NC(=O)OC)C6CCCC6)[nH]c54)c3)cc2)[nH]1)C1CCCC1. The number of aromatic nitrogens is 4. The molecule has 14 nitrogen and oxygen atoms in total. The molecule has 0 bridgehead atoms. The summed E-state index contributed by atoms with van der Waals surface area (Å²) in [6, 6.07) is 18.3. The molecule has 5 aromatic rings. The van der Waals surface area contributed by atoms with Crippen molar-refractivity contribution in [2.24, 2.45) is 11.8 Å². The summed E-state index contributed by atoms with van der Waals surface area (Å²) >= 11 is 0. The molecule has 4 atom stereocenters. The van der Waals surface area contributed by atoms with Crippen LogP contribution < -0.4 is 10.6 Å². The minimum atomic E-state index is -1.76. The molecule has 326 valence electrons. The maximum absolute atomic E-state index is 14.2. The van der Waals surface area contributed by atoms with Crippen LogP contribution in [0.1, 0.15) is 87.9 Å². The van der Waals surface area contributed by atoms with Crippen LogP contribution in [0.3, 0.4) is 0 Å². The smallest absolute Gasteiger partial charge is 0.407 e. The van der Waals surface area contributed by atoms with Crippen LogP contribution in [0.4, 0.5) is 9.59 Å². The second-order valence-corrected chi connectivity index (χ2v) is 23.7. The number of benzene rings is 3. The molecule has 9 rings (SSSR count). The van der Waals surface area contributed by atoms with E-state index < -0.39 is 32.3 Å². The zero-order valence-corrected chi connectivity index (χ0v) is 37.2. The second-order valence-electron chi connectivity index (χ2n) is 18.6. The van der Waals surface area contributed by atoms with Gasteiger partial charge in [0, 0.05) is 18.1 Å². The van der Waals surface area contributed by atoms with E-state index in [9.17, 15) is 19.2 Å². The average Bonchev–Trinajstić information content (AvgIpc) is 4.14. The quantitative estimate of drug-likeness (QED) is 0.101. The van der Waals surface area contributed by atoms with Crippen molar-refractivity contribution in [3.05, 3.63) is 72.4 Å². The van der Waals surface area contributed by atoms with E-state index in [4.69, 9.17) is 19.4 Å². The highest BCUT2D eigenvalue weighted by Gasteiger charge is 2.47. The van der Waals surface area contributed by atoms with Gasteiger partial charge in [-0.3, -0.25) is 9.59 Å². The Labute approximate surface area is 362 Å². The first kappa shape index (κ1) is 41.6. The molecule has 0 spiro atoms. The second kappa shape index (κ2) is 17.2. The summed E-state index contributed by atoms with van der Waals surface area (Å²) in [4.78, 5) is 73.8. The summed E-state index contributed by atoms with van der Waals surface area (Å²) in [7, 11) is 0.916. The number of carbonyl (C=O) groups excluding carboxylic acids is 4. The van der Waals surface area contributed by atoms with Gasteiger partial charge >= 0.3 is 12.2 Å². The number of methoxy groups -OCH3 is 2. The molecule has 0 radical (unpaired) electrons. The number of H-pyrrole nitrogens is 2. The number of nitrogens with one attached hydrogen (secondary N) is 4. The molecule has 62 heavy (non-hydrogen) atoms. The monoisotopic (exact) mass is 858 g/mol. The molecule has 4 N–H and O–H groups in total. The molecule has 4 amide bonds. The molecule has 2 saturated heterocycles. The molecule has 0 unspecified atom stereocenters. The van der Waals surface area contributed by atoms with Gasteiger partial charge in [0.2, 0.25) is 11.8 Å². The van der Waals surface area contributed by atoms with E-state index in [-0.39, 0.29) is 35.7 Å². The third-order valence-electron chi connectivity index (χ3n) is 14.0. The number of alkyl carbamates (subject to hydrolysis) is 2. The van der Waals surface area contributed by atoms with Gasteiger partial charge in [0.05, 0.1) is 57.3 Å². The summed E-state index contributed by atoms with van der Waals surface area (Å²) in [5, 5.41) is 7.88. The molecule has 4 aliphatic rings. The highest BCUT2D eigenvalue weighted by Crippen LogP contribution is 2.41. The molecule has 15 heteroatoms. The van der Waals surface area contributed by atoms with Gasteiger partial charge in [-0.15, -0.1) is 0 Å². The number of aromatic amines is 2. The normalized spacial score (nSPS) is 21.4. The zero-order valence-electron chi connectivity index (χ0n) is 36.2. The van der Waals surface area contributed by atoms with Crippen LogP contribution in [0.5, 0.6) is 0 Å². The number of rotatable bonds is 10. The Bertz CT molecular complexity index is 2470. The summed E-state index contributed by atoms with van der Waals surface area (Å²) < 4.78 is 9.83. The number of likely N-dealkylation sites (tertiary alicyclic amines) is 1. The lowest BCUT2D eigenvalue weighted by Gasteiger charge is -2.31. The minimum Gasteiger partial charge on any atom is -0.453 e. The Morgan fingerprint density at radius 3 is 1.97 bits per heavy atom. The van der Waals surface area contributed by atoms with Gasteiger partial charge < -0.3 is 39.9 Å². The van der Waals surface area contributed by atoms with Crippen molar-refractivity contribution in [2.75, 3.05) is 26.9 Å². The summed E-state index contributed by atoms with van der Waals surface area (Å²) in [5.41, 5.74) is 5.84. The number of nitrogens with zero attached hydrogens (tertiary/aromatic N) is 4. The van der Waals surface area contributed by atoms with Crippen LogP contribution in [0.25, 0.3) is 44.2 Å². The van der Waals surface area contributed by atoms with Gasteiger partial charge in [-0.25, -0.2) is 19.6 Å². The van der Waals surface area contributed by atoms with E-state index in [1.807, 2.05) is 22.1 Å². The van der Waals surface area contributed by atoms with Crippen LogP contribution in [-0.2, 0) is 19.1 Å². The Hall–Kier alpha value is -5.70. The third-order valence-corrected chi connectivity index (χ3v) is 16.7. The van der Waals surface area contributed by atoms with Gasteiger partial charge in [-0.2, -0.15) is 0 Å². The predicted molar refractivity (Wildman–Crippen MR) is 240 cm³/mol. The van der Waals surface area contributed by atoms with Crippen LogP contribution >= 0.6 is 0 Å². The molecule has 2 aliphatic heterocycles. The van der Waals surface area contributed by atoms with E-state index >= 15 is 0 Å². The molecule has 2 saturated carbocycles. The van der Waals surface area contributed by atoms with Crippen LogP contribution in [0, 0.1) is 11.8 Å². The average molecular weight is 859 g/mol. The summed E-state index contributed by atoms with van der Waals surface area (Å²) in [6.07, 6.45) is 11.0. The molecule has 2 aliphatic carbocycles. The lowest BCUT2D eigenvalue weighted by atomic mass is 9.96. The maximum Gasteiger partial charge on any atom is 0.407 e. The first-order valence-electron chi connectivity index (χ1n) is 22.4. The minimum absolute atomic E-state index is 0.0389. The van der Waals surface area contributed by atoms with Crippen LogP contribution in [0.2, 0.25) is 19.1 Å². The van der Waals surface area contributed by atoms with E-state index in [0.29, 0.717) is 12.7 Å². The van der Waals surface area contributed by atoms with Gasteiger partial charge in [0.1, 0.15) is 23.7 Å². The number of imidazole rings is 2. The van der Waals surface area contributed by atoms with E-state index in [0.717, 1.165) is 126 Å². The third kappa shape index (κ3) is 8.18. The highest BCUT2D eigenvalue weighted by atomic mass is 28.3. The summed E-state index contributed by atoms with van der Waals surface area (Å²) in [6.45, 7) is 5.24. The fourth-order valence-corrected chi connectivity index (χ4v) is 13.7. The van der Waals surface area contributed by atoms with Crippen LogP contribution in [-0.4, -0.2) is 101 Å². The predicted octanol–water partition coefficient (Wildman–Crippen LogP) is 8.40. The number of hydrogen-bond acceptors (Lipinski definition) is 8. The molecule has 3 aromatic carbocycles. The van der Waals surface area contributed by atoms with Crippen molar-refractivity contribution >= 4 is 53.9 Å². The highest BCUT2D eigenvalue weighted by molar-refractivity contribution is 6.78. The van der Waals surface area contributed by atoms with Gasteiger partial charge in [-0.1, -0.05) is 81.2 Å². The zero-order chi connectivity index (χ0) is 43.1. The lowest BCUT2D eigenvalue weighted by molar-refractivity contribution is -0.136. The Kier molecular flexibility index (Phi) is 11.6. The number of fused-ring (bicyclic) bond motifs is 3. The fourth-order valence-electron chi connectivity index (χ4n) is 10.8. The number of carbonyl (C=O) groups is 4. The van der Waals surface area contributed by atoms with Crippen molar-refractivity contribution in [1.82, 2.24) is 40.4 Å². The van der Waals surface area contributed by atoms with Gasteiger partial charge in [-0.05, 0) is 90.6 Å². The molecular formula is C47H58N8O6Si. The number of ether oxygens (including phenoxy) is 2. The largest absolute Gasteiger partial charge is 0.453 e. The standard InChI is InChI=1S/C47H58N8O6Si/c1-60-46(58)52-39(30-10-5-6-11-30)44(56)54-23-9-14-37(54)43-49-35-22-20-33-24-32(19-21-34(33)41(35)51-43)28-15-17-29(18-16-28)36-25-48-42(50-36)38-26-62(3,4)27-55(38)45(57)40(53-47(59)61-2)31-12-7-8-13-31/h15-22,24-25,30-31,37-40H,5-14,23,26-27H2,1-4H3,(H,48,50)(H,49,51)(H,52,58)(H,53,59)/t37-,38-,39-,40-/m0/s1. The maximum atomic E-state index is 14.2. The van der Waals surface area contributed by atoms with Crippen molar-refractivity contribution in [1.29, 1.82) is 0 Å². The van der Waals surface area contributed by atoms with Crippen LogP contribution in [0.15, 0.2) is 60.8 Å². The first-order valence-corrected chi connectivity index (χ1v) is 25.8. The Morgan fingerprint density at radius 1 is 0.710 bits per heavy atom. The van der Waals surface area contributed by atoms with Crippen molar-refractivity contribution in [3.8, 4) is 22.4 Å². The Balaban J connectivity index is 0.916. The molecule has 2 aromatic heterocycles.